The molecule has 1 saturated carbocycles. The van der Waals surface area contributed by atoms with Crippen LogP contribution in [0.4, 0.5) is 8.78 Å². The van der Waals surface area contributed by atoms with E-state index in [1.165, 1.54) is 6.42 Å². The van der Waals surface area contributed by atoms with Crippen LogP contribution >= 0.6 is 0 Å². The number of rotatable bonds is 5. The third-order valence-electron chi connectivity index (χ3n) is 3.56. The first-order valence-corrected chi connectivity index (χ1v) is 6.09. The van der Waals surface area contributed by atoms with Gasteiger partial charge in [0.05, 0.1) is 5.60 Å². The van der Waals surface area contributed by atoms with E-state index >= 15 is 0 Å². The van der Waals surface area contributed by atoms with Crippen molar-refractivity contribution in [2.75, 3.05) is 0 Å². The van der Waals surface area contributed by atoms with E-state index in [9.17, 15) is 13.9 Å². The summed E-state index contributed by atoms with van der Waals surface area (Å²) in [4.78, 5) is 0. The van der Waals surface area contributed by atoms with E-state index in [-0.39, 0.29) is 12.3 Å². The predicted molar refractivity (Wildman–Crippen MR) is 57.1 cm³/mol. The van der Waals surface area contributed by atoms with Crippen molar-refractivity contribution >= 4 is 0 Å². The Morgan fingerprint density at radius 1 is 1.27 bits per heavy atom. The molecular formula is C12H22F2O. The number of hydrogen-bond acceptors (Lipinski definition) is 1. The zero-order valence-corrected chi connectivity index (χ0v) is 9.51. The average Bonchev–Trinajstić information content (AvgIpc) is 2.18. The molecule has 1 N–H and O–H groups in total. The minimum atomic E-state index is -2.39. The average molecular weight is 220 g/mol. The summed E-state index contributed by atoms with van der Waals surface area (Å²) < 4.78 is 24.9. The zero-order chi connectivity index (χ0) is 11.3. The van der Waals surface area contributed by atoms with Crippen LogP contribution in [-0.4, -0.2) is 17.1 Å². The van der Waals surface area contributed by atoms with Crippen molar-refractivity contribution in [3.63, 3.8) is 0 Å². The van der Waals surface area contributed by atoms with E-state index < -0.39 is 12.0 Å². The standard InChI is InChI=1S/C12H22F2O/c1-2-8-12(15,9-11(13)14)10-6-4-3-5-7-10/h10-11,15H,2-9H2,1H3. The summed E-state index contributed by atoms with van der Waals surface area (Å²) >= 11 is 0. The molecule has 90 valence electrons. The summed E-state index contributed by atoms with van der Waals surface area (Å²) in [6.07, 6.45) is 3.76. The first-order chi connectivity index (χ1) is 7.08. The van der Waals surface area contributed by atoms with Crippen molar-refractivity contribution in [3.05, 3.63) is 0 Å². The molecule has 1 atom stereocenters. The molecule has 0 heterocycles. The first-order valence-electron chi connectivity index (χ1n) is 6.09. The van der Waals surface area contributed by atoms with Crippen LogP contribution in [0.1, 0.15) is 58.3 Å². The van der Waals surface area contributed by atoms with E-state index in [0.29, 0.717) is 6.42 Å². The van der Waals surface area contributed by atoms with Crippen molar-refractivity contribution < 1.29 is 13.9 Å². The summed E-state index contributed by atoms with van der Waals surface area (Å²) in [5.41, 5.74) is -1.11. The van der Waals surface area contributed by atoms with Gasteiger partial charge in [-0.3, -0.25) is 0 Å². The Kier molecular flexibility index (Phi) is 4.97. The molecule has 1 unspecified atom stereocenters. The van der Waals surface area contributed by atoms with Gasteiger partial charge in [-0.25, -0.2) is 8.78 Å². The van der Waals surface area contributed by atoms with Crippen molar-refractivity contribution in [1.29, 1.82) is 0 Å². The second kappa shape index (κ2) is 5.78. The van der Waals surface area contributed by atoms with E-state index in [0.717, 1.165) is 32.1 Å². The minimum Gasteiger partial charge on any atom is -0.389 e. The first kappa shape index (κ1) is 12.9. The topological polar surface area (TPSA) is 20.2 Å². The van der Waals surface area contributed by atoms with Gasteiger partial charge in [-0.15, -0.1) is 0 Å². The van der Waals surface area contributed by atoms with Gasteiger partial charge in [0, 0.05) is 6.42 Å². The molecule has 1 rings (SSSR count). The van der Waals surface area contributed by atoms with Gasteiger partial charge >= 0.3 is 0 Å². The normalized spacial score (nSPS) is 23.0. The fourth-order valence-corrected chi connectivity index (χ4v) is 2.81. The van der Waals surface area contributed by atoms with Crippen LogP contribution in [0.2, 0.25) is 0 Å². The van der Waals surface area contributed by atoms with Crippen LogP contribution < -0.4 is 0 Å². The smallest absolute Gasteiger partial charge is 0.241 e. The largest absolute Gasteiger partial charge is 0.389 e. The minimum absolute atomic E-state index is 0.0974. The summed E-state index contributed by atoms with van der Waals surface area (Å²) in [6.45, 7) is 1.94. The van der Waals surface area contributed by atoms with E-state index in [1.54, 1.807) is 0 Å². The molecule has 0 aromatic carbocycles. The maximum Gasteiger partial charge on any atom is 0.241 e. The quantitative estimate of drug-likeness (QED) is 0.748. The molecule has 0 aliphatic heterocycles. The lowest BCUT2D eigenvalue weighted by Gasteiger charge is -2.38. The SMILES string of the molecule is CCCC(O)(CC(F)F)C1CCCCC1. The van der Waals surface area contributed by atoms with Crippen LogP contribution in [0.15, 0.2) is 0 Å². The summed E-state index contributed by atoms with van der Waals surface area (Å²) in [6, 6.07) is 0. The molecule has 1 aliphatic carbocycles. The monoisotopic (exact) mass is 220 g/mol. The van der Waals surface area contributed by atoms with Crippen LogP contribution in [-0.2, 0) is 0 Å². The Hall–Kier alpha value is -0.180. The summed E-state index contributed by atoms with van der Waals surface area (Å²) in [5, 5.41) is 10.3. The highest BCUT2D eigenvalue weighted by atomic mass is 19.3. The lowest BCUT2D eigenvalue weighted by atomic mass is 9.73. The maximum atomic E-state index is 12.4. The Morgan fingerprint density at radius 2 is 1.87 bits per heavy atom. The molecule has 1 fully saturated rings. The third-order valence-corrected chi connectivity index (χ3v) is 3.56. The van der Waals surface area contributed by atoms with Crippen molar-refractivity contribution in [2.45, 2.75) is 70.3 Å². The second-order valence-electron chi connectivity index (χ2n) is 4.78. The fourth-order valence-electron chi connectivity index (χ4n) is 2.81. The van der Waals surface area contributed by atoms with Crippen molar-refractivity contribution in [3.8, 4) is 0 Å². The molecule has 15 heavy (non-hydrogen) atoms. The number of hydrogen-bond donors (Lipinski definition) is 1. The molecule has 1 aliphatic rings. The number of aliphatic hydroxyl groups is 1. The van der Waals surface area contributed by atoms with Gasteiger partial charge in [0.25, 0.3) is 0 Å². The molecule has 0 saturated heterocycles. The third kappa shape index (κ3) is 3.71. The molecular weight excluding hydrogens is 198 g/mol. The molecule has 0 radical (unpaired) electrons. The fraction of sp³-hybridized carbons (Fsp3) is 1.00. The predicted octanol–water partition coefficient (Wildman–Crippen LogP) is 3.75. The highest BCUT2D eigenvalue weighted by Gasteiger charge is 2.38. The summed E-state index contributed by atoms with van der Waals surface area (Å²) in [7, 11) is 0. The summed E-state index contributed by atoms with van der Waals surface area (Å²) in [5.74, 6) is 0.0974. The van der Waals surface area contributed by atoms with Crippen LogP contribution in [0.5, 0.6) is 0 Å². The maximum absolute atomic E-state index is 12.4. The highest BCUT2D eigenvalue weighted by molar-refractivity contribution is 4.88. The molecule has 0 aromatic heterocycles. The van der Waals surface area contributed by atoms with Crippen LogP contribution in [0.3, 0.4) is 0 Å². The van der Waals surface area contributed by atoms with Gasteiger partial charge in [-0.2, -0.15) is 0 Å². The van der Waals surface area contributed by atoms with Crippen molar-refractivity contribution in [1.82, 2.24) is 0 Å². The van der Waals surface area contributed by atoms with Gasteiger partial charge < -0.3 is 5.11 Å². The van der Waals surface area contributed by atoms with E-state index in [2.05, 4.69) is 0 Å². The van der Waals surface area contributed by atoms with Gasteiger partial charge in [-0.1, -0.05) is 32.6 Å². The number of halogens is 2. The van der Waals surface area contributed by atoms with Gasteiger partial charge in [0.2, 0.25) is 6.43 Å². The molecule has 1 nitrogen and oxygen atoms in total. The van der Waals surface area contributed by atoms with Crippen LogP contribution in [0, 0.1) is 5.92 Å². The number of alkyl halides is 2. The van der Waals surface area contributed by atoms with Gasteiger partial charge in [-0.05, 0) is 25.2 Å². The Morgan fingerprint density at radius 3 is 2.33 bits per heavy atom. The van der Waals surface area contributed by atoms with E-state index in [1.807, 2.05) is 6.92 Å². The highest BCUT2D eigenvalue weighted by Crippen LogP contribution is 2.38. The van der Waals surface area contributed by atoms with Gasteiger partial charge in [0.15, 0.2) is 0 Å². The van der Waals surface area contributed by atoms with Crippen LogP contribution in [0.25, 0.3) is 0 Å². The van der Waals surface area contributed by atoms with Gasteiger partial charge in [0.1, 0.15) is 0 Å². The molecule has 0 aromatic rings. The molecule has 0 amide bonds. The van der Waals surface area contributed by atoms with E-state index in [4.69, 9.17) is 0 Å². The Bertz CT molecular complexity index is 178. The zero-order valence-electron chi connectivity index (χ0n) is 9.51. The Labute approximate surface area is 90.9 Å². The second-order valence-corrected chi connectivity index (χ2v) is 4.78. The Balaban J connectivity index is 2.60. The lowest BCUT2D eigenvalue weighted by Crippen LogP contribution is -2.40. The lowest BCUT2D eigenvalue weighted by molar-refractivity contribution is -0.0806. The molecule has 3 heteroatoms. The molecule has 0 bridgehead atoms. The van der Waals surface area contributed by atoms with Crippen molar-refractivity contribution in [2.24, 2.45) is 5.92 Å². The molecule has 0 spiro atoms.